The van der Waals surface area contributed by atoms with Gasteiger partial charge in [-0.3, -0.25) is 0 Å². The largest absolute Gasteiger partial charge is 0.460 e. The molecule has 0 saturated carbocycles. The van der Waals surface area contributed by atoms with E-state index in [1.165, 1.54) is 0 Å². The van der Waals surface area contributed by atoms with E-state index in [9.17, 15) is 88.0 Å². The predicted octanol–water partition coefficient (Wildman–Crippen LogP) is 5.05. The zero-order valence-electron chi connectivity index (χ0n) is 12.5. The number of nitroso groups, excluding NO2 is 1. The number of nitrogens with zero attached hydrogens (tertiary/aromatic N) is 1. The number of halogens is 17. The van der Waals surface area contributed by atoms with Gasteiger partial charge >= 0.3 is 57.0 Å². The zero-order valence-corrected chi connectivity index (χ0v) is 13.3. The van der Waals surface area contributed by atoms with Gasteiger partial charge in [-0.15, -0.1) is 4.91 Å². The predicted molar refractivity (Wildman–Crippen MR) is 55.4 cm³/mol. The molecule has 0 amide bonds. The SMILES string of the molecule is O=NS(=O)(=O)C(F)(F)C(F)(F)C(F)(F)C(F)(F)C(F)(F)C(F)(F)C(F)(F)C(F)(F)F. The molecule has 0 aromatic rings. The third-order valence-corrected chi connectivity index (χ3v) is 4.22. The second-order valence-corrected chi connectivity index (χ2v) is 6.62. The van der Waals surface area contributed by atoms with Crippen molar-refractivity contribution >= 4 is 10.0 Å². The zero-order chi connectivity index (χ0) is 25.2. The Morgan fingerprint density at radius 2 is 0.667 bits per heavy atom. The van der Waals surface area contributed by atoms with Crippen LogP contribution in [0.15, 0.2) is 4.58 Å². The first kappa shape index (κ1) is 28.4. The molecule has 0 aliphatic carbocycles. The summed E-state index contributed by atoms with van der Waals surface area (Å²) < 4.78 is 237. The van der Waals surface area contributed by atoms with Crippen molar-refractivity contribution in [3.63, 3.8) is 0 Å². The fourth-order valence-electron chi connectivity index (χ4n) is 1.36. The molecule has 0 saturated heterocycles. The van der Waals surface area contributed by atoms with E-state index in [4.69, 9.17) is 0 Å². The number of hydrogen-bond donors (Lipinski definition) is 0. The van der Waals surface area contributed by atoms with Gasteiger partial charge in [-0.1, -0.05) is 0 Å². The molecule has 0 fully saturated rings. The molecule has 0 radical (unpaired) electrons. The summed E-state index contributed by atoms with van der Waals surface area (Å²) in [4.78, 5) is 9.52. The minimum absolute atomic E-state index is 0.146. The lowest BCUT2D eigenvalue weighted by molar-refractivity contribution is -0.458. The van der Waals surface area contributed by atoms with Crippen LogP contribution < -0.4 is 0 Å². The highest BCUT2D eigenvalue weighted by atomic mass is 32.2. The molecular weight excluding hydrogens is 513 g/mol. The van der Waals surface area contributed by atoms with Gasteiger partial charge in [0.2, 0.25) is 0 Å². The van der Waals surface area contributed by atoms with Gasteiger partial charge in [-0.05, 0) is 0 Å². The van der Waals surface area contributed by atoms with Crippen LogP contribution in [-0.2, 0) is 10.0 Å². The highest BCUT2D eigenvalue weighted by molar-refractivity contribution is 7.91. The summed E-state index contributed by atoms with van der Waals surface area (Å²) in [6.45, 7) is 0. The summed E-state index contributed by atoms with van der Waals surface area (Å²) in [6.07, 6.45) is -7.90. The van der Waals surface area contributed by atoms with Gasteiger partial charge in [-0.2, -0.15) is 83.1 Å². The van der Waals surface area contributed by atoms with E-state index in [1.807, 2.05) is 0 Å². The van der Waals surface area contributed by atoms with E-state index in [-0.39, 0.29) is 4.58 Å². The molecule has 30 heavy (non-hydrogen) atoms. The molecule has 0 unspecified atom stereocenters. The summed E-state index contributed by atoms with van der Waals surface area (Å²) in [5.74, 6) is -52.2. The van der Waals surface area contributed by atoms with E-state index < -0.39 is 57.0 Å². The summed E-state index contributed by atoms with van der Waals surface area (Å²) in [6, 6.07) is 0. The molecule has 0 N–H and O–H groups in total. The van der Waals surface area contributed by atoms with Crippen molar-refractivity contribution in [2.24, 2.45) is 4.58 Å². The third-order valence-electron chi connectivity index (χ3n) is 3.12. The van der Waals surface area contributed by atoms with E-state index in [0.29, 0.717) is 0 Å². The summed E-state index contributed by atoms with van der Waals surface area (Å²) >= 11 is 0. The average molecular weight is 513 g/mol. The standard InChI is InChI=1S/C8F17NO3S/c9-1(10,3(13,14)5(17,18)7(21,22)23)2(11,12)4(15,16)6(19,20)8(24,25)30(28,29)26-27. The lowest BCUT2D eigenvalue weighted by atomic mass is 9.91. The molecule has 0 bridgehead atoms. The normalized spacial score (nSPS) is 16.6. The van der Waals surface area contributed by atoms with Gasteiger partial charge < -0.3 is 0 Å². The van der Waals surface area contributed by atoms with Crippen LogP contribution in [-0.4, -0.2) is 55.4 Å². The lowest BCUT2D eigenvalue weighted by Crippen LogP contribution is -2.74. The number of rotatable bonds is 8. The Balaban J connectivity index is 6.96. The summed E-state index contributed by atoms with van der Waals surface area (Å²) in [7, 11) is -7.82. The minimum Gasteiger partial charge on any atom is -0.195 e. The smallest absolute Gasteiger partial charge is 0.195 e. The maximum Gasteiger partial charge on any atom is 0.460 e. The molecule has 0 heterocycles. The Hall–Kier alpha value is -1.64. The Bertz CT molecular complexity index is 781. The van der Waals surface area contributed by atoms with Crippen LogP contribution in [0.2, 0.25) is 0 Å². The first-order valence-corrected chi connectivity index (χ1v) is 7.31. The maximum absolute atomic E-state index is 13.1. The molecule has 0 spiro atoms. The summed E-state index contributed by atoms with van der Waals surface area (Å²) in [5, 5.41) is -7.87. The molecule has 0 aromatic heterocycles. The highest BCUT2D eigenvalue weighted by Gasteiger charge is 2.96. The lowest BCUT2D eigenvalue weighted by Gasteiger charge is -2.42. The number of hydrogen-bond acceptors (Lipinski definition) is 3. The van der Waals surface area contributed by atoms with Crippen molar-refractivity contribution < 1.29 is 83.1 Å². The molecule has 0 aliphatic heterocycles. The minimum atomic E-state index is -8.93. The Morgan fingerprint density at radius 3 is 0.900 bits per heavy atom. The van der Waals surface area contributed by atoms with Gasteiger partial charge in [0.05, 0.1) is 4.58 Å². The molecule has 180 valence electrons. The molecule has 22 heteroatoms. The molecule has 4 nitrogen and oxygen atoms in total. The van der Waals surface area contributed by atoms with Crippen LogP contribution in [0.4, 0.5) is 74.6 Å². The average Bonchev–Trinajstić information content (AvgIpc) is 2.52. The molecule has 0 aliphatic rings. The third kappa shape index (κ3) is 3.15. The fraction of sp³-hybridized carbons (Fsp3) is 1.00. The monoisotopic (exact) mass is 513 g/mol. The second kappa shape index (κ2) is 6.68. The van der Waals surface area contributed by atoms with Gasteiger partial charge in [0, 0.05) is 0 Å². The van der Waals surface area contributed by atoms with Crippen LogP contribution in [0.1, 0.15) is 0 Å². The van der Waals surface area contributed by atoms with E-state index >= 15 is 0 Å². The van der Waals surface area contributed by atoms with Crippen molar-refractivity contribution in [3.05, 3.63) is 4.91 Å². The van der Waals surface area contributed by atoms with Crippen molar-refractivity contribution in [2.45, 2.75) is 47.0 Å². The van der Waals surface area contributed by atoms with Crippen LogP contribution in [0, 0.1) is 4.91 Å². The molecule has 0 rings (SSSR count). The van der Waals surface area contributed by atoms with Gasteiger partial charge in [0.15, 0.2) is 0 Å². The quantitative estimate of drug-likeness (QED) is 0.337. The van der Waals surface area contributed by atoms with Crippen LogP contribution in [0.5, 0.6) is 0 Å². The number of alkyl halides is 17. The first-order chi connectivity index (χ1) is 12.6. The van der Waals surface area contributed by atoms with Crippen LogP contribution in [0.3, 0.4) is 0 Å². The van der Waals surface area contributed by atoms with Crippen molar-refractivity contribution in [2.75, 3.05) is 0 Å². The Labute approximate surface area is 151 Å². The maximum atomic E-state index is 13.1. The molecular formula is C8F17NO3S. The second-order valence-electron chi connectivity index (χ2n) is 5.01. The molecule has 0 atom stereocenters. The summed E-state index contributed by atoms with van der Waals surface area (Å²) in [5.41, 5.74) is 0. The van der Waals surface area contributed by atoms with E-state index in [1.54, 1.807) is 0 Å². The highest BCUT2D eigenvalue weighted by Crippen LogP contribution is 2.64. The van der Waals surface area contributed by atoms with Gasteiger partial charge in [-0.25, -0.2) is 0 Å². The van der Waals surface area contributed by atoms with Crippen molar-refractivity contribution in [3.8, 4) is 0 Å². The topological polar surface area (TPSA) is 63.6 Å². The fourth-order valence-corrected chi connectivity index (χ4v) is 1.90. The van der Waals surface area contributed by atoms with E-state index in [0.717, 1.165) is 0 Å². The Kier molecular flexibility index (Phi) is 6.31. The van der Waals surface area contributed by atoms with Crippen molar-refractivity contribution in [1.82, 2.24) is 0 Å². The van der Waals surface area contributed by atoms with Crippen molar-refractivity contribution in [1.29, 1.82) is 0 Å². The first-order valence-electron chi connectivity index (χ1n) is 5.87. The molecule has 0 aromatic carbocycles. The Morgan fingerprint density at radius 1 is 0.433 bits per heavy atom. The van der Waals surface area contributed by atoms with Gasteiger partial charge in [0.1, 0.15) is 0 Å². The van der Waals surface area contributed by atoms with Crippen LogP contribution in [0.25, 0.3) is 0 Å². The van der Waals surface area contributed by atoms with Crippen LogP contribution >= 0.6 is 0 Å². The van der Waals surface area contributed by atoms with Gasteiger partial charge in [0.25, 0.3) is 0 Å². The van der Waals surface area contributed by atoms with E-state index in [2.05, 4.69) is 0 Å². The number of sulfonamides is 1.